The van der Waals surface area contributed by atoms with Crippen LogP contribution in [0.4, 0.5) is 0 Å². The van der Waals surface area contributed by atoms with Crippen molar-refractivity contribution < 1.29 is 9.59 Å². The zero-order valence-corrected chi connectivity index (χ0v) is 16.1. The lowest BCUT2D eigenvalue weighted by Crippen LogP contribution is -2.44. The normalized spacial score (nSPS) is 16.2. The minimum absolute atomic E-state index is 0.0226. The van der Waals surface area contributed by atoms with Crippen molar-refractivity contribution in [3.63, 3.8) is 0 Å². The first-order chi connectivity index (χ1) is 13.1. The molecule has 2 amide bonds. The van der Waals surface area contributed by atoms with Gasteiger partial charge in [0, 0.05) is 11.4 Å². The molecule has 2 aromatic carbocycles. The van der Waals surface area contributed by atoms with E-state index in [1.54, 1.807) is 11.3 Å². The molecule has 0 aliphatic carbocycles. The van der Waals surface area contributed by atoms with Crippen LogP contribution in [0.3, 0.4) is 0 Å². The summed E-state index contributed by atoms with van der Waals surface area (Å²) >= 11 is 1.76. The van der Waals surface area contributed by atoms with Crippen LogP contribution in [0.5, 0.6) is 0 Å². The fourth-order valence-electron chi connectivity index (χ4n) is 3.81. The van der Waals surface area contributed by atoms with Crippen molar-refractivity contribution in [3.05, 3.63) is 69.9 Å². The molecule has 0 radical (unpaired) electrons. The topological polar surface area (TPSA) is 49.4 Å². The Labute approximate surface area is 162 Å². The molecule has 27 heavy (non-hydrogen) atoms. The molecule has 0 spiro atoms. The maximum atomic E-state index is 12.6. The van der Waals surface area contributed by atoms with Crippen LogP contribution in [-0.2, 0) is 22.4 Å². The molecule has 1 atom stereocenters. The number of carbonyl (C=O) groups is 2. The van der Waals surface area contributed by atoms with E-state index in [2.05, 4.69) is 23.7 Å². The average molecular weight is 378 g/mol. The van der Waals surface area contributed by atoms with Crippen LogP contribution >= 0.6 is 11.3 Å². The van der Waals surface area contributed by atoms with Gasteiger partial charge in [-0.15, -0.1) is 11.3 Å². The van der Waals surface area contributed by atoms with Crippen LogP contribution in [0.1, 0.15) is 29.0 Å². The molecule has 5 heteroatoms. The summed E-state index contributed by atoms with van der Waals surface area (Å²) in [4.78, 5) is 28.3. The Bertz CT molecular complexity index is 989. The molecule has 4 rings (SSSR count). The fraction of sp³-hybridized carbons (Fsp3) is 0.273. The Hall–Kier alpha value is -2.66. The second kappa shape index (κ2) is 7.53. The maximum absolute atomic E-state index is 12.6. The van der Waals surface area contributed by atoms with Crippen molar-refractivity contribution in [1.29, 1.82) is 0 Å². The van der Waals surface area contributed by atoms with E-state index in [-0.39, 0.29) is 30.8 Å². The van der Waals surface area contributed by atoms with Crippen LogP contribution < -0.4 is 5.32 Å². The van der Waals surface area contributed by atoms with Crippen LogP contribution in [0, 0.1) is 0 Å². The highest BCUT2D eigenvalue weighted by atomic mass is 32.1. The molecule has 1 N–H and O–H groups in total. The van der Waals surface area contributed by atoms with Gasteiger partial charge in [-0.05, 0) is 46.7 Å². The van der Waals surface area contributed by atoms with Crippen molar-refractivity contribution in [2.24, 2.45) is 0 Å². The third-order valence-electron chi connectivity index (χ3n) is 5.27. The maximum Gasteiger partial charge on any atom is 0.242 e. The number of carbonyl (C=O) groups excluding carboxylic acids is 2. The summed E-state index contributed by atoms with van der Waals surface area (Å²) in [6, 6.07) is 16.2. The molecule has 1 aromatic heterocycles. The van der Waals surface area contributed by atoms with Crippen molar-refractivity contribution in [2.75, 3.05) is 13.1 Å². The first-order valence-corrected chi connectivity index (χ1v) is 10.1. The summed E-state index contributed by atoms with van der Waals surface area (Å²) in [6.45, 7) is 2.82. The lowest BCUT2D eigenvalue weighted by molar-refractivity contribution is -0.134. The molecule has 1 aliphatic heterocycles. The number of nitrogens with one attached hydrogen (secondary N) is 1. The molecule has 4 nitrogen and oxygen atoms in total. The van der Waals surface area contributed by atoms with Gasteiger partial charge in [0.2, 0.25) is 11.8 Å². The third-order valence-corrected chi connectivity index (χ3v) is 6.26. The molecule has 138 valence electrons. The molecular formula is C22H22N2O2S. The van der Waals surface area contributed by atoms with Crippen molar-refractivity contribution in [3.8, 4) is 0 Å². The summed E-state index contributed by atoms with van der Waals surface area (Å²) in [5, 5.41) is 7.09. The predicted octanol–water partition coefficient (Wildman–Crippen LogP) is 3.71. The average Bonchev–Trinajstić information content (AvgIpc) is 3.16. The first kappa shape index (κ1) is 17.7. The lowest BCUT2D eigenvalue weighted by atomic mass is 10.0. The smallest absolute Gasteiger partial charge is 0.242 e. The fourth-order valence-corrected chi connectivity index (χ4v) is 4.77. The highest BCUT2D eigenvalue weighted by Gasteiger charge is 2.28. The van der Waals surface area contributed by atoms with E-state index in [1.807, 2.05) is 47.4 Å². The predicted molar refractivity (Wildman–Crippen MR) is 109 cm³/mol. The summed E-state index contributed by atoms with van der Waals surface area (Å²) in [6.07, 6.45) is 1.17. The Balaban J connectivity index is 1.37. The molecule has 0 saturated carbocycles. The summed E-state index contributed by atoms with van der Waals surface area (Å²) < 4.78 is 0. The van der Waals surface area contributed by atoms with E-state index >= 15 is 0 Å². The van der Waals surface area contributed by atoms with Crippen molar-refractivity contribution >= 4 is 33.9 Å². The van der Waals surface area contributed by atoms with Gasteiger partial charge in [0.15, 0.2) is 0 Å². The minimum Gasteiger partial charge on any atom is -0.347 e. The number of hydrogen-bond acceptors (Lipinski definition) is 3. The van der Waals surface area contributed by atoms with Gasteiger partial charge >= 0.3 is 0 Å². The number of thiophene rings is 1. The number of amides is 2. The van der Waals surface area contributed by atoms with Gasteiger partial charge in [-0.25, -0.2) is 0 Å². The third kappa shape index (κ3) is 3.60. The van der Waals surface area contributed by atoms with E-state index in [0.717, 1.165) is 22.8 Å². The number of fused-ring (bicyclic) bond motifs is 2. The standard InChI is InChI=1S/C22H22N2O2S/c1-15-18-10-12-27-20(18)9-11-24(15)22(26)14-23-21(25)13-17-7-4-6-16-5-2-3-8-19(16)17/h2-8,10,12,15H,9,11,13-14H2,1H3,(H,23,25). The minimum atomic E-state index is -0.124. The van der Waals surface area contributed by atoms with Crippen LogP contribution in [0.2, 0.25) is 0 Å². The van der Waals surface area contributed by atoms with Gasteiger partial charge in [0.1, 0.15) is 0 Å². The molecule has 1 unspecified atom stereocenters. The quantitative estimate of drug-likeness (QED) is 0.752. The zero-order chi connectivity index (χ0) is 18.8. The van der Waals surface area contributed by atoms with E-state index in [4.69, 9.17) is 0 Å². The van der Waals surface area contributed by atoms with Crippen molar-refractivity contribution in [2.45, 2.75) is 25.8 Å². The largest absolute Gasteiger partial charge is 0.347 e. The number of benzene rings is 2. The molecule has 0 bridgehead atoms. The molecular weight excluding hydrogens is 356 g/mol. The van der Waals surface area contributed by atoms with Crippen LogP contribution in [0.25, 0.3) is 10.8 Å². The zero-order valence-electron chi connectivity index (χ0n) is 15.3. The van der Waals surface area contributed by atoms with Gasteiger partial charge in [0.25, 0.3) is 0 Å². The lowest BCUT2D eigenvalue weighted by Gasteiger charge is -2.33. The van der Waals surface area contributed by atoms with E-state index in [9.17, 15) is 9.59 Å². The summed E-state index contributed by atoms with van der Waals surface area (Å²) in [7, 11) is 0. The Morgan fingerprint density at radius 3 is 2.85 bits per heavy atom. The highest BCUT2D eigenvalue weighted by molar-refractivity contribution is 7.10. The number of hydrogen-bond donors (Lipinski definition) is 1. The van der Waals surface area contributed by atoms with E-state index < -0.39 is 0 Å². The molecule has 1 aliphatic rings. The second-order valence-electron chi connectivity index (χ2n) is 6.90. The number of rotatable bonds is 4. The molecule has 3 aromatic rings. The van der Waals surface area contributed by atoms with Crippen LogP contribution in [-0.4, -0.2) is 29.8 Å². The molecule has 0 saturated heterocycles. The Morgan fingerprint density at radius 2 is 1.96 bits per heavy atom. The summed E-state index contributed by atoms with van der Waals surface area (Å²) in [5.41, 5.74) is 2.22. The van der Waals surface area contributed by atoms with Gasteiger partial charge in [-0.3, -0.25) is 9.59 Å². The number of nitrogens with zero attached hydrogens (tertiary/aromatic N) is 1. The van der Waals surface area contributed by atoms with Crippen LogP contribution in [0.15, 0.2) is 53.9 Å². The monoisotopic (exact) mass is 378 g/mol. The molecule has 2 heterocycles. The Kier molecular flexibility index (Phi) is 4.94. The van der Waals surface area contributed by atoms with Gasteiger partial charge in [-0.2, -0.15) is 0 Å². The summed E-state index contributed by atoms with van der Waals surface area (Å²) in [5.74, 6) is -0.147. The van der Waals surface area contributed by atoms with Crippen molar-refractivity contribution in [1.82, 2.24) is 10.2 Å². The van der Waals surface area contributed by atoms with Gasteiger partial charge in [-0.1, -0.05) is 42.5 Å². The first-order valence-electron chi connectivity index (χ1n) is 9.22. The van der Waals surface area contributed by atoms with Gasteiger partial charge in [0.05, 0.1) is 19.0 Å². The van der Waals surface area contributed by atoms with E-state index in [1.165, 1.54) is 10.4 Å². The SMILES string of the molecule is CC1c2ccsc2CCN1C(=O)CNC(=O)Cc1cccc2ccccc12. The second-order valence-corrected chi connectivity index (χ2v) is 7.90. The van der Waals surface area contributed by atoms with E-state index in [0.29, 0.717) is 6.54 Å². The highest BCUT2D eigenvalue weighted by Crippen LogP contribution is 2.32. The molecule has 0 fully saturated rings. The van der Waals surface area contributed by atoms with Gasteiger partial charge < -0.3 is 10.2 Å². The Morgan fingerprint density at radius 1 is 1.15 bits per heavy atom.